The van der Waals surface area contributed by atoms with Crippen LogP contribution in [-0.4, -0.2) is 0 Å². The summed E-state index contributed by atoms with van der Waals surface area (Å²) in [4.78, 5) is 0. The summed E-state index contributed by atoms with van der Waals surface area (Å²) in [6.07, 6.45) is 14.5. The molecule has 0 heterocycles. The fourth-order valence-electron chi connectivity index (χ4n) is 1.45. The Balaban J connectivity index is 2.36. The zero-order chi connectivity index (χ0) is 7.68. The third-order valence-electron chi connectivity index (χ3n) is 2.19. The van der Waals surface area contributed by atoms with E-state index in [9.17, 15) is 0 Å². The molecule has 0 aliphatic heterocycles. The van der Waals surface area contributed by atoms with E-state index in [0.717, 1.165) is 6.42 Å². The van der Waals surface area contributed by atoms with Crippen LogP contribution in [0.15, 0.2) is 47.6 Å². The normalized spacial score (nSPS) is 27.5. The minimum atomic E-state index is 0.592. The van der Waals surface area contributed by atoms with E-state index in [1.807, 2.05) is 0 Å². The van der Waals surface area contributed by atoms with Gasteiger partial charge in [0, 0.05) is 0 Å². The highest BCUT2D eigenvalue weighted by Gasteiger charge is 2.06. The first-order valence-electron chi connectivity index (χ1n) is 4.12. The molecule has 0 bridgehead atoms. The van der Waals surface area contributed by atoms with Crippen molar-refractivity contribution < 1.29 is 0 Å². The van der Waals surface area contributed by atoms with Crippen LogP contribution in [0, 0.1) is 5.92 Å². The summed E-state index contributed by atoms with van der Waals surface area (Å²) in [5.74, 6) is 0.592. The van der Waals surface area contributed by atoms with Gasteiger partial charge in [0.15, 0.2) is 0 Å². The smallest absolute Gasteiger partial charge is 0.00753 e. The van der Waals surface area contributed by atoms with Crippen molar-refractivity contribution in [1.29, 1.82) is 0 Å². The van der Waals surface area contributed by atoms with E-state index < -0.39 is 0 Å². The fourth-order valence-corrected chi connectivity index (χ4v) is 1.45. The van der Waals surface area contributed by atoms with Crippen molar-refractivity contribution in [2.45, 2.75) is 13.3 Å². The van der Waals surface area contributed by atoms with Crippen LogP contribution in [0.25, 0.3) is 0 Å². The van der Waals surface area contributed by atoms with Gasteiger partial charge in [0.25, 0.3) is 0 Å². The summed E-state index contributed by atoms with van der Waals surface area (Å²) in [5, 5.41) is 0. The number of allylic oxidation sites excluding steroid dienone is 8. The standard InChI is InChI=1S/C11H12/c1-9-5-7-10-3-2-4-11(10)8-6-9/h2-3,5-9H,4H2,1H3. The van der Waals surface area contributed by atoms with Crippen LogP contribution in [0.3, 0.4) is 0 Å². The number of hydrogen-bond acceptors (Lipinski definition) is 0. The lowest BCUT2D eigenvalue weighted by atomic mass is 10.1. The number of rotatable bonds is 0. The van der Waals surface area contributed by atoms with E-state index in [4.69, 9.17) is 0 Å². The third-order valence-corrected chi connectivity index (χ3v) is 2.19. The van der Waals surface area contributed by atoms with E-state index in [1.54, 1.807) is 0 Å². The highest BCUT2D eigenvalue weighted by Crippen LogP contribution is 2.24. The van der Waals surface area contributed by atoms with Gasteiger partial charge in [-0.15, -0.1) is 0 Å². The van der Waals surface area contributed by atoms with Gasteiger partial charge in [-0.2, -0.15) is 0 Å². The summed E-state index contributed by atoms with van der Waals surface area (Å²) in [7, 11) is 0. The first-order valence-corrected chi connectivity index (χ1v) is 4.12. The molecule has 1 unspecified atom stereocenters. The quantitative estimate of drug-likeness (QED) is 0.490. The average Bonchev–Trinajstić information content (AvgIpc) is 2.38. The summed E-state index contributed by atoms with van der Waals surface area (Å²) >= 11 is 0. The Labute approximate surface area is 67.6 Å². The molecule has 56 valence electrons. The Morgan fingerprint density at radius 2 is 2.00 bits per heavy atom. The van der Waals surface area contributed by atoms with Gasteiger partial charge >= 0.3 is 0 Å². The van der Waals surface area contributed by atoms with Gasteiger partial charge in [-0.05, 0) is 23.5 Å². The van der Waals surface area contributed by atoms with E-state index in [0.29, 0.717) is 5.92 Å². The predicted molar refractivity (Wildman–Crippen MR) is 48.2 cm³/mol. The molecule has 0 amide bonds. The van der Waals surface area contributed by atoms with E-state index in [1.165, 1.54) is 11.1 Å². The molecule has 0 aromatic rings. The van der Waals surface area contributed by atoms with Crippen LogP contribution in [0.5, 0.6) is 0 Å². The average molecular weight is 144 g/mol. The van der Waals surface area contributed by atoms with E-state index in [-0.39, 0.29) is 0 Å². The monoisotopic (exact) mass is 144 g/mol. The van der Waals surface area contributed by atoms with Crippen LogP contribution in [0.4, 0.5) is 0 Å². The summed E-state index contributed by atoms with van der Waals surface area (Å²) in [6.45, 7) is 2.21. The molecule has 0 N–H and O–H groups in total. The van der Waals surface area contributed by atoms with Crippen LogP contribution in [0.2, 0.25) is 0 Å². The second-order valence-corrected chi connectivity index (χ2v) is 3.16. The molecule has 2 aliphatic carbocycles. The first-order chi connectivity index (χ1) is 5.36. The molecular formula is C11H12. The second kappa shape index (κ2) is 2.54. The van der Waals surface area contributed by atoms with Gasteiger partial charge in [0.05, 0.1) is 0 Å². The SMILES string of the molecule is CC1C=CC2=C(C=C1)CC=C2. The van der Waals surface area contributed by atoms with Crippen LogP contribution in [-0.2, 0) is 0 Å². The van der Waals surface area contributed by atoms with E-state index in [2.05, 4.69) is 43.4 Å². The molecule has 0 radical (unpaired) electrons. The maximum Gasteiger partial charge on any atom is -0.00753 e. The molecule has 11 heavy (non-hydrogen) atoms. The van der Waals surface area contributed by atoms with Crippen molar-refractivity contribution in [1.82, 2.24) is 0 Å². The molecule has 0 aromatic carbocycles. The Morgan fingerprint density at radius 3 is 2.91 bits per heavy atom. The molecular weight excluding hydrogens is 132 g/mol. The Bertz CT molecular complexity index is 274. The minimum absolute atomic E-state index is 0.592. The zero-order valence-corrected chi connectivity index (χ0v) is 6.75. The maximum atomic E-state index is 2.26. The molecule has 2 rings (SSSR count). The Kier molecular flexibility index (Phi) is 1.54. The molecule has 0 fully saturated rings. The van der Waals surface area contributed by atoms with Gasteiger partial charge in [0.2, 0.25) is 0 Å². The second-order valence-electron chi connectivity index (χ2n) is 3.16. The first kappa shape index (κ1) is 6.66. The van der Waals surface area contributed by atoms with E-state index >= 15 is 0 Å². The van der Waals surface area contributed by atoms with Gasteiger partial charge < -0.3 is 0 Å². The Morgan fingerprint density at radius 1 is 1.18 bits per heavy atom. The van der Waals surface area contributed by atoms with Crippen LogP contribution >= 0.6 is 0 Å². The van der Waals surface area contributed by atoms with Gasteiger partial charge in [0.1, 0.15) is 0 Å². The lowest BCUT2D eigenvalue weighted by Gasteiger charge is -1.93. The maximum absolute atomic E-state index is 2.26. The zero-order valence-electron chi connectivity index (χ0n) is 6.75. The van der Waals surface area contributed by atoms with Crippen molar-refractivity contribution in [3.63, 3.8) is 0 Å². The van der Waals surface area contributed by atoms with Crippen molar-refractivity contribution in [3.8, 4) is 0 Å². The highest BCUT2D eigenvalue weighted by molar-refractivity contribution is 5.48. The molecule has 2 aliphatic rings. The lowest BCUT2D eigenvalue weighted by Crippen LogP contribution is -1.78. The topological polar surface area (TPSA) is 0 Å². The summed E-state index contributed by atoms with van der Waals surface area (Å²) in [6, 6.07) is 0. The molecule has 0 nitrogen and oxygen atoms in total. The Hall–Kier alpha value is -1.04. The molecule has 0 saturated carbocycles. The van der Waals surface area contributed by atoms with Crippen LogP contribution in [0.1, 0.15) is 13.3 Å². The molecule has 1 atom stereocenters. The molecule has 0 heteroatoms. The number of hydrogen-bond donors (Lipinski definition) is 0. The van der Waals surface area contributed by atoms with Gasteiger partial charge in [-0.3, -0.25) is 0 Å². The van der Waals surface area contributed by atoms with Crippen molar-refractivity contribution in [2.75, 3.05) is 0 Å². The highest BCUT2D eigenvalue weighted by atomic mass is 14.1. The van der Waals surface area contributed by atoms with Crippen molar-refractivity contribution in [2.24, 2.45) is 5.92 Å². The van der Waals surface area contributed by atoms with Crippen molar-refractivity contribution >= 4 is 0 Å². The van der Waals surface area contributed by atoms with Gasteiger partial charge in [-0.25, -0.2) is 0 Å². The molecule has 0 spiro atoms. The summed E-state index contributed by atoms with van der Waals surface area (Å²) < 4.78 is 0. The molecule has 0 saturated heterocycles. The van der Waals surface area contributed by atoms with Crippen molar-refractivity contribution in [3.05, 3.63) is 47.6 Å². The van der Waals surface area contributed by atoms with Crippen LogP contribution < -0.4 is 0 Å². The largest absolute Gasteiger partial charge is 0.0795 e. The molecule has 0 aromatic heterocycles. The minimum Gasteiger partial charge on any atom is -0.0795 e. The lowest BCUT2D eigenvalue weighted by molar-refractivity contribution is 0.940. The summed E-state index contributed by atoms with van der Waals surface area (Å²) in [5.41, 5.74) is 2.86. The third kappa shape index (κ3) is 1.21. The fraction of sp³-hybridized carbons (Fsp3) is 0.273. The van der Waals surface area contributed by atoms with Gasteiger partial charge in [-0.1, -0.05) is 43.4 Å². The predicted octanol–water partition coefficient (Wildman–Crippen LogP) is 3.01.